The van der Waals surface area contributed by atoms with Crippen LogP contribution in [0.3, 0.4) is 0 Å². The third kappa shape index (κ3) is 5.20. The molecule has 0 saturated heterocycles. The van der Waals surface area contributed by atoms with Gasteiger partial charge in [0.1, 0.15) is 0 Å². The van der Waals surface area contributed by atoms with E-state index in [4.69, 9.17) is 0 Å². The quantitative estimate of drug-likeness (QED) is 0.164. The maximum atomic E-state index is 2.54. The molecule has 11 aromatic rings. The molecule has 0 atom stereocenters. The fourth-order valence-electron chi connectivity index (χ4n) is 8.47. The Morgan fingerprint density at radius 3 is 1.45 bits per heavy atom. The SMILES string of the molecule is c1ccc(-c2cccc3cccc(-c4ccccc4N(c4ccccc4-c4cccc5c4sc4ccccc45)c4cccc5c4sc4ccccc45)c23)cc1. The number of anilines is 3. The third-order valence-electron chi connectivity index (χ3n) is 10.9. The Morgan fingerprint density at radius 2 is 0.745 bits per heavy atom. The molecule has 0 radical (unpaired) electrons. The summed E-state index contributed by atoms with van der Waals surface area (Å²) in [6.45, 7) is 0. The van der Waals surface area contributed by atoms with Crippen molar-refractivity contribution in [3.63, 3.8) is 0 Å². The fourth-order valence-corrected chi connectivity index (χ4v) is 10.9. The molecule has 0 aliphatic rings. The lowest BCUT2D eigenvalue weighted by Crippen LogP contribution is -2.12. The summed E-state index contributed by atoms with van der Waals surface area (Å²) in [7, 11) is 0. The summed E-state index contributed by atoms with van der Waals surface area (Å²) in [6, 6.07) is 73.4. The first-order chi connectivity index (χ1) is 27.3. The Bertz CT molecular complexity index is 3220. The molecule has 11 rings (SSSR count). The van der Waals surface area contributed by atoms with Crippen LogP contribution in [0.5, 0.6) is 0 Å². The zero-order valence-corrected chi connectivity index (χ0v) is 31.4. The minimum atomic E-state index is 1.14. The van der Waals surface area contributed by atoms with E-state index in [1.165, 1.54) is 90.2 Å². The van der Waals surface area contributed by atoms with Crippen molar-refractivity contribution >= 4 is 90.9 Å². The topological polar surface area (TPSA) is 3.24 Å². The molecule has 0 fully saturated rings. The van der Waals surface area contributed by atoms with Crippen LogP contribution in [0, 0.1) is 0 Å². The van der Waals surface area contributed by atoms with Crippen molar-refractivity contribution in [2.75, 3.05) is 4.90 Å². The molecule has 0 aliphatic heterocycles. The van der Waals surface area contributed by atoms with Gasteiger partial charge in [-0.2, -0.15) is 0 Å². The van der Waals surface area contributed by atoms with Gasteiger partial charge in [0.25, 0.3) is 0 Å². The summed E-state index contributed by atoms with van der Waals surface area (Å²) < 4.78 is 5.19. The lowest BCUT2D eigenvalue weighted by atomic mass is 9.90. The van der Waals surface area contributed by atoms with Crippen molar-refractivity contribution in [2.24, 2.45) is 0 Å². The van der Waals surface area contributed by atoms with Gasteiger partial charge >= 0.3 is 0 Å². The number of nitrogens with zero attached hydrogens (tertiary/aromatic N) is 1. The van der Waals surface area contributed by atoms with E-state index in [1.807, 2.05) is 22.7 Å². The zero-order valence-electron chi connectivity index (χ0n) is 29.8. The van der Waals surface area contributed by atoms with Gasteiger partial charge in [0.05, 0.1) is 21.8 Å². The number of hydrogen-bond donors (Lipinski definition) is 0. The van der Waals surface area contributed by atoms with Gasteiger partial charge < -0.3 is 4.90 Å². The van der Waals surface area contributed by atoms with Gasteiger partial charge in [0.2, 0.25) is 0 Å². The highest BCUT2D eigenvalue weighted by atomic mass is 32.1. The maximum absolute atomic E-state index is 2.54. The van der Waals surface area contributed by atoms with E-state index in [9.17, 15) is 0 Å². The number of hydrogen-bond acceptors (Lipinski definition) is 3. The second-order valence-corrected chi connectivity index (χ2v) is 16.1. The van der Waals surface area contributed by atoms with Gasteiger partial charge in [0.15, 0.2) is 0 Å². The highest BCUT2D eigenvalue weighted by molar-refractivity contribution is 7.26. The minimum absolute atomic E-state index is 1.14. The predicted octanol–water partition coefficient (Wildman–Crippen LogP) is 16.0. The average Bonchev–Trinajstić information content (AvgIpc) is 3.83. The van der Waals surface area contributed by atoms with Crippen molar-refractivity contribution in [2.45, 2.75) is 0 Å². The first kappa shape index (κ1) is 32.0. The van der Waals surface area contributed by atoms with E-state index >= 15 is 0 Å². The summed E-state index contributed by atoms with van der Waals surface area (Å²) in [5.41, 5.74) is 10.8. The predicted molar refractivity (Wildman–Crippen MR) is 241 cm³/mol. The summed E-state index contributed by atoms with van der Waals surface area (Å²) in [5, 5.41) is 7.67. The van der Waals surface area contributed by atoms with Crippen LogP contribution in [0.25, 0.3) is 84.5 Å². The molecule has 0 spiro atoms. The molecule has 1 nitrogen and oxygen atoms in total. The Hall–Kier alpha value is -6.52. The van der Waals surface area contributed by atoms with Crippen molar-refractivity contribution < 1.29 is 0 Å². The summed E-state index contributed by atoms with van der Waals surface area (Å²) in [6.07, 6.45) is 0. The molecule has 0 aliphatic carbocycles. The number of benzene rings is 9. The van der Waals surface area contributed by atoms with E-state index in [-0.39, 0.29) is 0 Å². The molecule has 3 heteroatoms. The summed E-state index contributed by atoms with van der Waals surface area (Å²) in [4.78, 5) is 2.54. The van der Waals surface area contributed by atoms with Gasteiger partial charge in [-0.3, -0.25) is 0 Å². The molecule has 0 N–H and O–H groups in total. The molecule has 258 valence electrons. The average molecular weight is 736 g/mol. The first-order valence-electron chi connectivity index (χ1n) is 18.7. The van der Waals surface area contributed by atoms with Crippen LogP contribution < -0.4 is 4.90 Å². The lowest BCUT2D eigenvalue weighted by Gasteiger charge is -2.30. The van der Waals surface area contributed by atoms with E-state index in [0.717, 1.165) is 11.4 Å². The molecule has 2 heterocycles. The Kier molecular flexibility index (Phi) is 7.61. The van der Waals surface area contributed by atoms with Crippen LogP contribution in [0.15, 0.2) is 200 Å². The number of para-hydroxylation sites is 2. The molecule has 9 aromatic carbocycles. The third-order valence-corrected chi connectivity index (χ3v) is 13.3. The van der Waals surface area contributed by atoms with E-state index < -0.39 is 0 Å². The molecule has 55 heavy (non-hydrogen) atoms. The molecule has 0 bridgehead atoms. The number of fused-ring (bicyclic) bond motifs is 7. The standard InChI is InChI=1S/C52H33NS2/c1-2-16-34(17-3-1)36-24-12-18-35-19-13-25-41(50(35)36)37-20-4-8-29-45(37)53(47-31-15-28-44-40-23-7-11-33-49(40)55-52(44)47)46-30-9-5-21-38(46)42-26-14-27-43-39-22-6-10-32-48(39)54-51(42)43/h1-33H. The van der Waals surface area contributed by atoms with Crippen molar-refractivity contribution in [3.05, 3.63) is 200 Å². The van der Waals surface area contributed by atoms with Gasteiger partial charge in [-0.25, -0.2) is 0 Å². The molecular formula is C52H33NS2. The van der Waals surface area contributed by atoms with Crippen molar-refractivity contribution in [1.82, 2.24) is 0 Å². The summed E-state index contributed by atoms with van der Waals surface area (Å²) in [5.74, 6) is 0. The van der Waals surface area contributed by atoms with Gasteiger partial charge in [-0.1, -0.05) is 170 Å². The normalized spacial score (nSPS) is 11.6. The Labute approximate surface area is 327 Å². The van der Waals surface area contributed by atoms with Crippen molar-refractivity contribution in [3.8, 4) is 33.4 Å². The fraction of sp³-hybridized carbons (Fsp3) is 0. The number of thiophene rings is 2. The molecule has 0 saturated carbocycles. The second-order valence-electron chi connectivity index (χ2n) is 14.0. The van der Waals surface area contributed by atoms with Gasteiger partial charge in [-0.05, 0) is 57.8 Å². The van der Waals surface area contributed by atoms with Crippen LogP contribution in [0.1, 0.15) is 0 Å². The zero-order chi connectivity index (χ0) is 36.3. The Balaban J connectivity index is 1.23. The first-order valence-corrected chi connectivity index (χ1v) is 20.3. The monoisotopic (exact) mass is 735 g/mol. The smallest absolute Gasteiger partial charge is 0.0640 e. The Morgan fingerprint density at radius 1 is 0.291 bits per heavy atom. The van der Waals surface area contributed by atoms with Crippen LogP contribution in [-0.2, 0) is 0 Å². The van der Waals surface area contributed by atoms with Crippen LogP contribution in [0.2, 0.25) is 0 Å². The largest absolute Gasteiger partial charge is 0.308 e. The molecule has 2 aromatic heterocycles. The van der Waals surface area contributed by atoms with Gasteiger partial charge in [0, 0.05) is 52.3 Å². The second kappa shape index (κ2) is 13.1. The minimum Gasteiger partial charge on any atom is -0.308 e. The summed E-state index contributed by atoms with van der Waals surface area (Å²) >= 11 is 3.76. The molecule has 0 amide bonds. The maximum Gasteiger partial charge on any atom is 0.0640 e. The van der Waals surface area contributed by atoms with E-state index in [1.54, 1.807) is 0 Å². The van der Waals surface area contributed by atoms with E-state index in [0.29, 0.717) is 0 Å². The highest BCUT2D eigenvalue weighted by Gasteiger charge is 2.25. The number of rotatable bonds is 6. The van der Waals surface area contributed by atoms with Gasteiger partial charge in [-0.15, -0.1) is 22.7 Å². The van der Waals surface area contributed by atoms with Crippen LogP contribution in [-0.4, -0.2) is 0 Å². The lowest BCUT2D eigenvalue weighted by molar-refractivity contribution is 1.30. The van der Waals surface area contributed by atoms with E-state index in [2.05, 4.69) is 205 Å². The van der Waals surface area contributed by atoms with Crippen LogP contribution in [0.4, 0.5) is 17.1 Å². The van der Waals surface area contributed by atoms with Crippen LogP contribution >= 0.6 is 22.7 Å². The van der Waals surface area contributed by atoms with Crippen molar-refractivity contribution in [1.29, 1.82) is 0 Å². The molecule has 0 unspecified atom stereocenters. The highest BCUT2D eigenvalue weighted by Crippen LogP contribution is 2.51. The molecular weight excluding hydrogens is 703 g/mol.